The maximum absolute atomic E-state index is 14.0. The molecule has 0 saturated carbocycles. The van der Waals surface area contributed by atoms with Crippen molar-refractivity contribution in [3.63, 3.8) is 0 Å². The molecule has 0 bridgehead atoms. The molecule has 3 saturated heterocycles. The highest BCUT2D eigenvalue weighted by Gasteiger charge is 2.47. The highest BCUT2D eigenvalue weighted by Crippen LogP contribution is 2.46. The normalized spacial score (nSPS) is 27.8. The number of sulfonamides is 1. The van der Waals surface area contributed by atoms with Gasteiger partial charge in [-0.1, -0.05) is 5.57 Å². The van der Waals surface area contributed by atoms with Crippen molar-refractivity contribution < 1.29 is 17.9 Å². The number of aliphatic hydroxyl groups is 1. The fourth-order valence-electron chi connectivity index (χ4n) is 6.82. The molecule has 0 amide bonds. The minimum Gasteiger partial charge on any atom is -0.404 e. The Hall–Kier alpha value is -3.12. The summed E-state index contributed by atoms with van der Waals surface area (Å²) < 4.78 is 43.0. The largest absolute Gasteiger partial charge is 0.404 e. The lowest BCUT2D eigenvalue weighted by Crippen LogP contribution is -2.53. The summed E-state index contributed by atoms with van der Waals surface area (Å²) in [7, 11) is -3.79. The third-order valence-corrected chi connectivity index (χ3v) is 10.9. The second-order valence-electron chi connectivity index (χ2n) is 12.0. The predicted molar refractivity (Wildman–Crippen MR) is 162 cm³/mol. The van der Waals surface area contributed by atoms with Gasteiger partial charge in [-0.05, 0) is 92.8 Å². The number of likely N-dealkylation sites (tertiary alicyclic amines) is 1. The smallest absolute Gasteiger partial charge is 0.244 e. The minimum atomic E-state index is -3.79. The molecule has 42 heavy (non-hydrogen) atoms. The highest BCUT2D eigenvalue weighted by molar-refractivity contribution is 7.89. The second kappa shape index (κ2) is 11.9. The van der Waals surface area contributed by atoms with Gasteiger partial charge in [-0.15, -0.1) is 0 Å². The summed E-state index contributed by atoms with van der Waals surface area (Å²) in [5.74, 6) is 0.492. The fraction of sp³-hybridized carbons (Fsp3) is 0.484. The molecule has 6 rings (SSSR count). The number of β-amino-alcohol motifs (C(OH)–C–C–N with tert-alkyl or cyclic N) is 1. The van der Waals surface area contributed by atoms with Gasteiger partial charge in [0, 0.05) is 57.4 Å². The van der Waals surface area contributed by atoms with E-state index in [0.717, 1.165) is 49.4 Å². The lowest BCUT2D eigenvalue weighted by Gasteiger charge is -2.48. The number of aliphatic hydroxyl groups excluding tert-OH is 1. The van der Waals surface area contributed by atoms with Gasteiger partial charge in [-0.3, -0.25) is 4.90 Å². The maximum Gasteiger partial charge on any atom is 0.244 e. The lowest BCUT2D eigenvalue weighted by atomic mass is 9.67. The summed E-state index contributed by atoms with van der Waals surface area (Å²) in [5, 5.41) is 10.2. The van der Waals surface area contributed by atoms with Gasteiger partial charge in [-0.2, -0.15) is 4.31 Å². The van der Waals surface area contributed by atoms with Gasteiger partial charge in [0.1, 0.15) is 16.5 Å². The van der Waals surface area contributed by atoms with Crippen LogP contribution in [0.1, 0.15) is 38.5 Å². The van der Waals surface area contributed by atoms with E-state index in [1.54, 1.807) is 28.7 Å². The number of pyridine rings is 1. The van der Waals surface area contributed by atoms with Crippen LogP contribution in [-0.4, -0.2) is 85.3 Å². The van der Waals surface area contributed by atoms with Gasteiger partial charge in [0.15, 0.2) is 0 Å². The monoisotopic (exact) mass is 594 g/mol. The molecule has 0 unspecified atom stereocenters. The molecule has 3 aliphatic heterocycles. The SMILES string of the molecule is NC=C1C[C@]2(CN3CC[C@@H](O)C3)CN(S(=O)(=O)c3ccc(N4CCCCC4)nc3)CCC2=CC1=Nc1ccc(F)cc1. The third-order valence-electron chi connectivity index (χ3n) is 9.05. The number of piperidine rings is 2. The molecule has 3 N–H and O–H groups in total. The molecule has 1 aromatic heterocycles. The van der Waals surface area contributed by atoms with E-state index < -0.39 is 15.4 Å². The van der Waals surface area contributed by atoms with E-state index in [9.17, 15) is 17.9 Å². The van der Waals surface area contributed by atoms with Gasteiger partial charge in [0.05, 0.1) is 17.5 Å². The van der Waals surface area contributed by atoms with Gasteiger partial charge < -0.3 is 15.7 Å². The van der Waals surface area contributed by atoms with Crippen molar-refractivity contribution in [1.82, 2.24) is 14.2 Å². The first-order valence-electron chi connectivity index (χ1n) is 14.8. The van der Waals surface area contributed by atoms with Crippen molar-refractivity contribution in [2.24, 2.45) is 16.1 Å². The number of fused-ring (bicyclic) bond motifs is 1. The van der Waals surface area contributed by atoms with E-state index in [-0.39, 0.29) is 16.8 Å². The van der Waals surface area contributed by atoms with Crippen LogP contribution in [0, 0.1) is 11.2 Å². The Kier molecular flexibility index (Phi) is 8.19. The molecular formula is C31H39FN6O3S. The summed E-state index contributed by atoms with van der Waals surface area (Å²) in [6.45, 7) is 4.44. The van der Waals surface area contributed by atoms with Gasteiger partial charge >= 0.3 is 0 Å². The number of halogens is 1. The van der Waals surface area contributed by atoms with Crippen LogP contribution in [0.25, 0.3) is 0 Å². The Bertz CT molecular complexity index is 1490. The standard InChI is InChI=1S/C31H39FN6O3S/c32-25-4-6-26(7-5-25)35-29-16-24-10-15-38(22-31(24,17-23(29)18-33)21-36-14-11-27(39)20-36)42(40,41)28-8-9-30(34-19-28)37-12-2-1-3-13-37/h4-9,16,18-19,27,39H,1-3,10-15,17,20-22,33H2/t27-,31+/m1/s1. The van der Waals surface area contributed by atoms with Crippen molar-refractivity contribution >= 4 is 27.2 Å². The van der Waals surface area contributed by atoms with Crippen LogP contribution in [0.3, 0.4) is 0 Å². The Balaban J connectivity index is 1.31. The summed E-state index contributed by atoms with van der Waals surface area (Å²) in [6, 6.07) is 9.51. The van der Waals surface area contributed by atoms with Gasteiger partial charge in [0.2, 0.25) is 10.0 Å². The van der Waals surface area contributed by atoms with Crippen LogP contribution in [-0.2, 0) is 10.0 Å². The average Bonchev–Trinajstić information content (AvgIpc) is 3.42. The van der Waals surface area contributed by atoms with E-state index in [2.05, 4.69) is 14.8 Å². The summed E-state index contributed by atoms with van der Waals surface area (Å²) in [5.41, 5.74) is 8.89. The van der Waals surface area contributed by atoms with Crippen molar-refractivity contribution in [3.05, 3.63) is 71.8 Å². The molecule has 4 aliphatic rings. The number of nitrogens with zero attached hydrogens (tertiary/aromatic N) is 5. The molecular weight excluding hydrogens is 555 g/mol. The van der Waals surface area contributed by atoms with Crippen LogP contribution >= 0.6 is 0 Å². The molecule has 4 heterocycles. The average molecular weight is 595 g/mol. The molecule has 2 atom stereocenters. The first-order valence-corrected chi connectivity index (χ1v) is 16.3. The van der Waals surface area contributed by atoms with Crippen LogP contribution in [0.5, 0.6) is 0 Å². The third kappa shape index (κ3) is 5.88. The molecule has 2 aromatic rings. The summed E-state index contributed by atoms with van der Waals surface area (Å²) in [4.78, 5) is 13.9. The lowest BCUT2D eigenvalue weighted by molar-refractivity contribution is 0.126. The zero-order valence-electron chi connectivity index (χ0n) is 23.8. The number of hydrogen-bond acceptors (Lipinski definition) is 8. The number of nitrogens with two attached hydrogens (primary N) is 1. The Morgan fingerprint density at radius 2 is 1.88 bits per heavy atom. The second-order valence-corrected chi connectivity index (χ2v) is 13.9. The van der Waals surface area contributed by atoms with Gasteiger partial charge in [0.25, 0.3) is 0 Å². The number of rotatable bonds is 6. The predicted octanol–water partition coefficient (Wildman–Crippen LogP) is 3.60. The van der Waals surface area contributed by atoms with E-state index in [1.165, 1.54) is 24.8 Å². The van der Waals surface area contributed by atoms with E-state index >= 15 is 0 Å². The molecule has 0 radical (unpaired) electrons. The molecule has 1 aliphatic carbocycles. The number of aliphatic imine (C=N–C) groups is 1. The van der Waals surface area contributed by atoms with Crippen LogP contribution in [0.15, 0.2) is 75.9 Å². The quantitative estimate of drug-likeness (QED) is 0.525. The highest BCUT2D eigenvalue weighted by atomic mass is 32.2. The Labute approximate surface area is 247 Å². The summed E-state index contributed by atoms with van der Waals surface area (Å²) >= 11 is 0. The number of benzene rings is 1. The fourth-order valence-corrected chi connectivity index (χ4v) is 8.29. The maximum atomic E-state index is 14.0. The zero-order chi connectivity index (χ0) is 29.3. The van der Waals surface area contributed by atoms with Crippen LogP contribution in [0.4, 0.5) is 15.9 Å². The summed E-state index contributed by atoms with van der Waals surface area (Å²) in [6.07, 6.45) is 9.92. The van der Waals surface area contributed by atoms with Crippen LogP contribution in [0.2, 0.25) is 0 Å². The van der Waals surface area contributed by atoms with Crippen molar-refractivity contribution in [2.45, 2.75) is 49.5 Å². The Morgan fingerprint density at radius 3 is 2.55 bits per heavy atom. The zero-order valence-corrected chi connectivity index (χ0v) is 24.6. The number of allylic oxidation sites excluding steroid dienone is 2. The van der Waals surface area contributed by atoms with Crippen molar-refractivity contribution in [3.8, 4) is 0 Å². The van der Waals surface area contributed by atoms with Crippen molar-refractivity contribution in [2.75, 3.05) is 50.7 Å². The molecule has 1 aromatic carbocycles. The molecule has 224 valence electrons. The molecule has 3 fully saturated rings. The van der Waals surface area contributed by atoms with E-state index in [0.29, 0.717) is 56.8 Å². The topological polar surface area (TPSA) is 115 Å². The van der Waals surface area contributed by atoms with E-state index in [1.807, 2.05) is 12.1 Å². The van der Waals surface area contributed by atoms with Crippen molar-refractivity contribution in [1.29, 1.82) is 0 Å². The van der Waals surface area contributed by atoms with E-state index in [4.69, 9.17) is 10.7 Å². The number of hydrogen-bond donors (Lipinski definition) is 2. The molecule has 11 heteroatoms. The first-order chi connectivity index (χ1) is 20.3. The molecule has 0 spiro atoms. The minimum absolute atomic E-state index is 0.200. The van der Waals surface area contributed by atoms with Gasteiger partial charge in [-0.25, -0.2) is 22.8 Å². The molecule has 9 nitrogen and oxygen atoms in total. The van der Waals surface area contributed by atoms with Crippen LogP contribution < -0.4 is 10.6 Å². The first kappa shape index (κ1) is 29.0. The number of anilines is 1. The Morgan fingerprint density at radius 1 is 1.10 bits per heavy atom. The number of aromatic nitrogens is 1.